The Labute approximate surface area is 179 Å². The number of halogens is 1. The number of anilines is 2. The van der Waals surface area contributed by atoms with E-state index < -0.39 is 5.69 Å². The number of nitrogens with zero attached hydrogens (tertiary/aromatic N) is 5. The van der Waals surface area contributed by atoms with E-state index in [-0.39, 0.29) is 5.56 Å². The smallest absolute Gasteiger partial charge is 0.329 e. The summed E-state index contributed by atoms with van der Waals surface area (Å²) in [5.41, 5.74) is 2.38. The number of fused-ring (bicyclic) bond motifs is 1. The second-order valence-electron chi connectivity index (χ2n) is 8.31. The highest BCUT2D eigenvalue weighted by Gasteiger charge is 2.25. The number of hydrogen-bond donors (Lipinski definition) is 1. The Kier molecular flexibility index (Phi) is 5.36. The van der Waals surface area contributed by atoms with Crippen LogP contribution < -0.4 is 21.0 Å². The molecule has 0 aliphatic carbocycles. The highest BCUT2D eigenvalue weighted by molar-refractivity contribution is 6.30. The van der Waals surface area contributed by atoms with Gasteiger partial charge in [-0.2, -0.15) is 4.98 Å². The van der Waals surface area contributed by atoms with Crippen LogP contribution >= 0.6 is 11.6 Å². The van der Waals surface area contributed by atoms with Crippen LogP contribution in [0.3, 0.4) is 0 Å². The second kappa shape index (κ2) is 7.83. The standard InChI is InChI=1S/C21H27ClN6O2/c1-13(2)12-28-17-18(25(4)21(30)24-19(17)29)23-20(28)27-9-7-26(8-10-27)16-11-15(22)6-5-14(16)3/h5-6,11,13H,7-10,12H2,1-4H3,(H,24,29,30). The Bertz CT molecular complexity index is 1200. The number of aromatic amines is 1. The largest absolute Gasteiger partial charge is 0.368 e. The van der Waals surface area contributed by atoms with Gasteiger partial charge in [0.05, 0.1) is 0 Å². The van der Waals surface area contributed by atoms with E-state index in [1.807, 2.05) is 22.8 Å². The average Bonchev–Trinajstić information content (AvgIpc) is 3.07. The van der Waals surface area contributed by atoms with Crippen LogP contribution in [0.15, 0.2) is 27.8 Å². The molecule has 8 nitrogen and oxygen atoms in total. The van der Waals surface area contributed by atoms with Gasteiger partial charge >= 0.3 is 5.69 Å². The number of H-pyrrole nitrogens is 1. The summed E-state index contributed by atoms with van der Waals surface area (Å²) in [6.07, 6.45) is 0. The van der Waals surface area contributed by atoms with Crippen molar-refractivity contribution in [3.05, 3.63) is 49.6 Å². The molecule has 30 heavy (non-hydrogen) atoms. The monoisotopic (exact) mass is 430 g/mol. The predicted octanol–water partition coefficient (Wildman–Crippen LogP) is 2.37. The number of rotatable bonds is 4. The lowest BCUT2D eigenvalue weighted by molar-refractivity contribution is 0.521. The Hall–Kier alpha value is -2.74. The molecule has 4 rings (SSSR count). The molecule has 0 amide bonds. The van der Waals surface area contributed by atoms with E-state index >= 15 is 0 Å². The molecule has 1 saturated heterocycles. The van der Waals surface area contributed by atoms with Gasteiger partial charge in [0, 0.05) is 50.5 Å². The molecule has 160 valence electrons. The van der Waals surface area contributed by atoms with E-state index in [4.69, 9.17) is 16.6 Å². The van der Waals surface area contributed by atoms with Gasteiger partial charge in [0.15, 0.2) is 11.2 Å². The number of imidazole rings is 1. The SMILES string of the molecule is Cc1ccc(Cl)cc1N1CCN(c2nc3c(c(=O)[nH]c(=O)n3C)n2CC(C)C)CC1. The van der Waals surface area contributed by atoms with Crippen molar-refractivity contribution in [3.8, 4) is 0 Å². The molecule has 3 aromatic rings. The first-order chi connectivity index (χ1) is 14.3. The predicted molar refractivity (Wildman–Crippen MR) is 121 cm³/mol. The molecule has 0 saturated carbocycles. The summed E-state index contributed by atoms with van der Waals surface area (Å²) in [6.45, 7) is 10.1. The van der Waals surface area contributed by atoms with Crippen molar-refractivity contribution in [1.82, 2.24) is 19.1 Å². The highest BCUT2D eigenvalue weighted by atomic mass is 35.5. The molecule has 9 heteroatoms. The fraction of sp³-hybridized carbons (Fsp3) is 0.476. The van der Waals surface area contributed by atoms with Crippen LogP contribution in [0.4, 0.5) is 11.6 Å². The third-order valence-corrected chi connectivity index (χ3v) is 5.84. The lowest BCUT2D eigenvalue weighted by Crippen LogP contribution is -2.47. The maximum atomic E-state index is 12.6. The van der Waals surface area contributed by atoms with Crippen molar-refractivity contribution >= 4 is 34.4 Å². The Morgan fingerprint density at radius 1 is 1.13 bits per heavy atom. The topological polar surface area (TPSA) is 79.2 Å². The minimum absolute atomic E-state index is 0.327. The van der Waals surface area contributed by atoms with E-state index in [0.717, 1.165) is 42.8 Å². The van der Waals surface area contributed by atoms with Crippen LogP contribution in [-0.2, 0) is 13.6 Å². The molecule has 3 heterocycles. The minimum atomic E-state index is -0.450. The molecular weight excluding hydrogens is 404 g/mol. The molecule has 0 spiro atoms. The molecule has 1 aromatic carbocycles. The lowest BCUT2D eigenvalue weighted by Gasteiger charge is -2.37. The fourth-order valence-corrected chi connectivity index (χ4v) is 4.24. The van der Waals surface area contributed by atoms with Gasteiger partial charge in [-0.3, -0.25) is 14.3 Å². The average molecular weight is 431 g/mol. The Morgan fingerprint density at radius 3 is 2.47 bits per heavy atom. The molecular formula is C21H27ClN6O2. The molecule has 0 radical (unpaired) electrons. The van der Waals surface area contributed by atoms with Crippen molar-refractivity contribution in [2.45, 2.75) is 27.3 Å². The molecule has 1 N–H and O–H groups in total. The van der Waals surface area contributed by atoms with Crippen molar-refractivity contribution < 1.29 is 0 Å². The second-order valence-corrected chi connectivity index (χ2v) is 8.75. The molecule has 2 aromatic heterocycles. The minimum Gasteiger partial charge on any atom is -0.368 e. The number of aromatic nitrogens is 4. The summed E-state index contributed by atoms with van der Waals surface area (Å²) in [7, 11) is 1.64. The number of hydrogen-bond acceptors (Lipinski definition) is 5. The van der Waals surface area contributed by atoms with Gasteiger partial charge in [-0.15, -0.1) is 0 Å². The summed E-state index contributed by atoms with van der Waals surface area (Å²) in [5, 5.41) is 0.733. The van der Waals surface area contributed by atoms with Crippen molar-refractivity contribution in [2.24, 2.45) is 13.0 Å². The Balaban J connectivity index is 1.69. The van der Waals surface area contributed by atoms with Gasteiger partial charge in [-0.05, 0) is 30.5 Å². The van der Waals surface area contributed by atoms with Gasteiger partial charge in [0.2, 0.25) is 5.95 Å². The zero-order valence-corrected chi connectivity index (χ0v) is 18.5. The number of piperazine rings is 1. The summed E-state index contributed by atoms with van der Waals surface area (Å²) < 4.78 is 3.36. The van der Waals surface area contributed by atoms with Gasteiger partial charge in [-0.1, -0.05) is 31.5 Å². The zero-order valence-electron chi connectivity index (χ0n) is 17.8. The normalized spacial score (nSPS) is 14.9. The van der Waals surface area contributed by atoms with Crippen LogP contribution in [0.5, 0.6) is 0 Å². The number of aryl methyl sites for hydroxylation is 2. The van der Waals surface area contributed by atoms with Crippen LogP contribution in [0.2, 0.25) is 5.02 Å². The highest BCUT2D eigenvalue weighted by Crippen LogP contribution is 2.27. The van der Waals surface area contributed by atoms with Crippen LogP contribution in [-0.4, -0.2) is 45.3 Å². The van der Waals surface area contributed by atoms with Gasteiger partial charge in [0.25, 0.3) is 5.56 Å². The first-order valence-corrected chi connectivity index (χ1v) is 10.6. The van der Waals surface area contributed by atoms with E-state index in [1.54, 1.807) is 7.05 Å². The first kappa shape index (κ1) is 20.5. The molecule has 1 aliphatic heterocycles. The van der Waals surface area contributed by atoms with Crippen LogP contribution in [0.25, 0.3) is 11.2 Å². The molecule has 0 unspecified atom stereocenters. The fourth-order valence-electron chi connectivity index (χ4n) is 4.07. The van der Waals surface area contributed by atoms with E-state index in [0.29, 0.717) is 23.6 Å². The zero-order chi connectivity index (χ0) is 21.6. The Morgan fingerprint density at radius 2 is 1.80 bits per heavy atom. The van der Waals surface area contributed by atoms with Crippen LogP contribution in [0.1, 0.15) is 19.4 Å². The van der Waals surface area contributed by atoms with Gasteiger partial charge in [0.1, 0.15) is 0 Å². The lowest BCUT2D eigenvalue weighted by atomic mass is 10.1. The van der Waals surface area contributed by atoms with Crippen molar-refractivity contribution in [3.63, 3.8) is 0 Å². The number of benzene rings is 1. The summed E-state index contributed by atoms with van der Waals surface area (Å²) in [5.74, 6) is 1.07. The van der Waals surface area contributed by atoms with Crippen LogP contribution in [0, 0.1) is 12.8 Å². The first-order valence-electron chi connectivity index (χ1n) is 10.2. The molecule has 0 atom stereocenters. The maximum absolute atomic E-state index is 12.6. The quantitative estimate of drug-likeness (QED) is 0.687. The third-order valence-electron chi connectivity index (χ3n) is 5.61. The molecule has 1 aliphatic rings. The summed E-state index contributed by atoms with van der Waals surface area (Å²) in [6, 6.07) is 5.96. The van der Waals surface area contributed by atoms with Gasteiger partial charge < -0.3 is 14.4 Å². The molecule has 0 bridgehead atoms. The van der Waals surface area contributed by atoms with E-state index in [1.165, 1.54) is 10.1 Å². The van der Waals surface area contributed by atoms with Gasteiger partial charge in [-0.25, -0.2) is 4.79 Å². The number of nitrogens with one attached hydrogen (secondary N) is 1. The van der Waals surface area contributed by atoms with Crippen molar-refractivity contribution in [2.75, 3.05) is 36.0 Å². The third kappa shape index (κ3) is 3.60. The summed E-state index contributed by atoms with van der Waals surface area (Å²) >= 11 is 6.21. The van der Waals surface area contributed by atoms with E-state index in [2.05, 4.69) is 35.6 Å². The van der Waals surface area contributed by atoms with Crippen molar-refractivity contribution in [1.29, 1.82) is 0 Å². The maximum Gasteiger partial charge on any atom is 0.329 e. The summed E-state index contributed by atoms with van der Waals surface area (Å²) in [4.78, 5) is 36.3. The molecule has 1 fully saturated rings. The van der Waals surface area contributed by atoms with E-state index in [9.17, 15) is 9.59 Å².